The Morgan fingerprint density at radius 1 is 1.35 bits per heavy atom. The molecular weight excluding hydrogens is 405 g/mol. The van der Waals surface area contributed by atoms with Crippen molar-refractivity contribution < 1.29 is 23.6 Å². The first-order chi connectivity index (χ1) is 15.0. The first kappa shape index (κ1) is 20.9. The average Bonchev–Trinajstić information content (AvgIpc) is 2.78. The second-order valence-corrected chi connectivity index (χ2v) is 7.16. The molecule has 10 heteroatoms. The zero-order chi connectivity index (χ0) is 22.0. The van der Waals surface area contributed by atoms with Gasteiger partial charge >= 0.3 is 0 Å². The van der Waals surface area contributed by atoms with E-state index in [1.165, 1.54) is 13.2 Å². The average molecular weight is 427 g/mol. The van der Waals surface area contributed by atoms with Crippen LogP contribution in [-0.4, -0.2) is 53.1 Å². The van der Waals surface area contributed by atoms with E-state index >= 15 is 0 Å². The number of halogens is 1. The molecule has 1 unspecified atom stereocenters. The summed E-state index contributed by atoms with van der Waals surface area (Å²) in [5.74, 6) is -0.765. The van der Waals surface area contributed by atoms with Crippen molar-refractivity contribution in [3.63, 3.8) is 0 Å². The van der Waals surface area contributed by atoms with E-state index in [0.717, 1.165) is 11.6 Å². The smallest absolute Gasteiger partial charge is 0.265 e. The van der Waals surface area contributed by atoms with Gasteiger partial charge in [-0.3, -0.25) is 19.4 Å². The third-order valence-corrected chi connectivity index (χ3v) is 5.02. The summed E-state index contributed by atoms with van der Waals surface area (Å²) < 4.78 is 20.0. The Kier molecular flexibility index (Phi) is 5.92. The predicted octanol–water partition coefficient (Wildman–Crippen LogP) is 1.92. The molecule has 4 rings (SSSR count). The summed E-state index contributed by atoms with van der Waals surface area (Å²) in [5.41, 5.74) is 2.28. The second kappa shape index (κ2) is 8.78. The topological polar surface area (TPSA) is 106 Å². The number of carbonyl (C=O) groups excluding carboxylic acids is 2. The zero-order valence-electron chi connectivity index (χ0n) is 17.1. The lowest BCUT2D eigenvalue weighted by Crippen LogP contribution is -2.37. The highest BCUT2D eigenvalue weighted by Crippen LogP contribution is 2.29. The van der Waals surface area contributed by atoms with Crippen molar-refractivity contribution in [1.29, 1.82) is 0 Å². The molecule has 0 saturated carbocycles. The second-order valence-electron chi connectivity index (χ2n) is 7.16. The van der Waals surface area contributed by atoms with Gasteiger partial charge in [-0.1, -0.05) is 13.0 Å². The van der Waals surface area contributed by atoms with E-state index in [-0.39, 0.29) is 23.8 Å². The van der Waals surface area contributed by atoms with Crippen molar-refractivity contribution >= 4 is 23.1 Å². The fourth-order valence-corrected chi connectivity index (χ4v) is 3.34. The fraction of sp³-hybridized carbons (Fsp3) is 0.333. The van der Waals surface area contributed by atoms with E-state index in [9.17, 15) is 14.0 Å². The minimum Gasteiger partial charge on any atom is -0.463 e. The number of hydroxylamine groups is 2. The normalized spacial score (nSPS) is 18.5. The van der Waals surface area contributed by atoms with Crippen LogP contribution in [0.15, 0.2) is 30.6 Å². The van der Waals surface area contributed by atoms with Gasteiger partial charge in [-0.05, 0) is 24.1 Å². The summed E-state index contributed by atoms with van der Waals surface area (Å²) in [6.07, 6.45) is 4.87. The van der Waals surface area contributed by atoms with Crippen LogP contribution in [0.3, 0.4) is 0 Å². The number of anilines is 1. The Balaban J connectivity index is 1.42. The molecule has 2 N–H and O–H groups in total. The van der Waals surface area contributed by atoms with E-state index in [2.05, 4.69) is 20.6 Å². The number of fused-ring (bicyclic) bond motifs is 1. The summed E-state index contributed by atoms with van der Waals surface area (Å²) in [6.45, 7) is 2.84. The lowest BCUT2D eigenvalue weighted by atomic mass is 10.1. The van der Waals surface area contributed by atoms with Gasteiger partial charge in [-0.2, -0.15) is 5.06 Å². The van der Waals surface area contributed by atoms with Crippen molar-refractivity contribution in [2.24, 2.45) is 0 Å². The SMILES string of the molecule is CCC1Oc2ncc(CN3CC=C(c4ncc(C(=O)NC)cc4F)CO3)cc2NC1=O. The maximum atomic E-state index is 14.4. The van der Waals surface area contributed by atoms with Gasteiger partial charge in [0.2, 0.25) is 5.88 Å². The molecule has 0 spiro atoms. The summed E-state index contributed by atoms with van der Waals surface area (Å²) >= 11 is 0. The minimum absolute atomic E-state index is 0.139. The summed E-state index contributed by atoms with van der Waals surface area (Å²) in [5, 5.41) is 6.95. The predicted molar refractivity (Wildman–Crippen MR) is 109 cm³/mol. The lowest BCUT2D eigenvalue weighted by molar-refractivity contribution is -0.150. The molecule has 0 aliphatic carbocycles. The molecule has 0 radical (unpaired) electrons. The lowest BCUT2D eigenvalue weighted by Gasteiger charge is -2.27. The number of pyridine rings is 2. The molecule has 0 aromatic carbocycles. The molecule has 2 aromatic rings. The van der Waals surface area contributed by atoms with Crippen LogP contribution in [0, 0.1) is 5.82 Å². The summed E-state index contributed by atoms with van der Waals surface area (Å²) in [4.78, 5) is 37.7. The molecule has 162 valence electrons. The Morgan fingerprint density at radius 2 is 2.19 bits per heavy atom. The fourth-order valence-electron chi connectivity index (χ4n) is 3.34. The quantitative estimate of drug-likeness (QED) is 0.751. The number of nitrogens with zero attached hydrogens (tertiary/aromatic N) is 3. The van der Waals surface area contributed by atoms with Gasteiger partial charge in [0, 0.05) is 31.6 Å². The maximum Gasteiger partial charge on any atom is 0.265 e. The van der Waals surface area contributed by atoms with Crippen LogP contribution in [0.4, 0.5) is 10.1 Å². The van der Waals surface area contributed by atoms with Crippen LogP contribution in [0.2, 0.25) is 0 Å². The molecule has 0 fully saturated rings. The van der Waals surface area contributed by atoms with Gasteiger partial charge in [0.25, 0.3) is 11.8 Å². The summed E-state index contributed by atoms with van der Waals surface area (Å²) in [6, 6.07) is 2.96. The molecule has 31 heavy (non-hydrogen) atoms. The van der Waals surface area contributed by atoms with E-state index in [0.29, 0.717) is 36.7 Å². The maximum absolute atomic E-state index is 14.4. The highest BCUT2D eigenvalue weighted by molar-refractivity contribution is 5.97. The molecule has 4 heterocycles. The van der Waals surface area contributed by atoms with Gasteiger partial charge in [0.05, 0.1) is 18.7 Å². The van der Waals surface area contributed by atoms with Gasteiger partial charge in [0.15, 0.2) is 6.10 Å². The molecule has 2 aliphatic heterocycles. The van der Waals surface area contributed by atoms with Crippen LogP contribution in [0.25, 0.3) is 5.57 Å². The van der Waals surface area contributed by atoms with Crippen molar-refractivity contribution in [1.82, 2.24) is 20.3 Å². The molecule has 2 amide bonds. The van der Waals surface area contributed by atoms with Gasteiger partial charge < -0.3 is 15.4 Å². The third kappa shape index (κ3) is 4.39. The van der Waals surface area contributed by atoms with Gasteiger partial charge in [-0.15, -0.1) is 0 Å². The number of carbonyl (C=O) groups is 2. The van der Waals surface area contributed by atoms with E-state index < -0.39 is 17.8 Å². The van der Waals surface area contributed by atoms with Crippen LogP contribution >= 0.6 is 0 Å². The number of hydrogen-bond donors (Lipinski definition) is 2. The zero-order valence-corrected chi connectivity index (χ0v) is 17.1. The van der Waals surface area contributed by atoms with E-state index in [1.54, 1.807) is 17.3 Å². The van der Waals surface area contributed by atoms with Crippen molar-refractivity contribution in [3.05, 3.63) is 53.2 Å². The molecule has 2 aromatic heterocycles. The number of nitrogens with one attached hydrogen (secondary N) is 2. The van der Waals surface area contributed by atoms with Crippen LogP contribution in [-0.2, 0) is 16.2 Å². The van der Waals surface area contributed by atoms with Crippen LogP contribution in [0.5, 0.6) is 5.88 Å². The Labute approximate surface area is 178 Å². The number of ether oxygens (including phenoxy) is 1. The largest absolute Gasteiger partial charge is 0.463 e. The number of amides is 2. The minimum atomic E-state index is -0.579. The molecule has 0 bridgehead atoms. The standard InChI is InChI=1S/C21H22FN5O4/c1-3-17-20(29)26-16-6-12(8-25-21(16)31-17)10-27-5-4-13(11-30-27)18-15(22)7-14(9-24-18)19(28)23-2/h4,6-9,17H,3,5,10-11H2,1-2H3,(H,23,28)(H,26,29). The van der Waals surface area contributed by atoms with Crippen LogP contribution < -0.4 is 15.4 Å². The first-order valence-corrected chi connectivity index (χ1v) is 9.89. The Bertz CT molecular complexity index is 1060. The summed E-state index contributed by atoms with van der Waals surface area (Å²) in [7, 11) is 1.47. The third-order valence-electron chi connectivity index (χ3n) is 5.02. The Morgan fingerprint density at radius 3 is 2.87 bits per heavy atom. The highest BCUT2D eigenvalue weighted by Gasteiger charge is 2.27. The number of aromatic nitrogens is 2. The van der Waals surface area contributed by atoms with Crippen molar-refractivity contribution in [2.45, 2.75) is 26.0 Å². The van der Waals surface area contributed by atoms with E-state index in [4.69, 9.17) is 9.57 Å². The molecular formula is C21H22FN5O4. The molecule has 9 nitrogen and oxygen atoms in total. The molecule has 0 saturated heterocycles. The van der Waals surface area contributed by atoms with Crippen molar-refractivity contribution in [2.75, 3.05) is 25.5 Å². The molecule has 2 aliphatic rings. The monoisotopic (exact) mass is 427 g/mol. The number of rotatable bonds is 5. The Hall–Kier alpha value is -3.37. The van der Waals surface area contributed by atoms with Gasteiger partial charge in [-0.25, -0.2) is 9.37 Å². The highest BCUT2D eigenvalue weighted by atomic mass is 19.1. The van der Waals surface area contributed by atoms with E-state index in [1.807, 2.05) is 13.0 Å². The number of hydrogen-bond acceptors (Lipinski definition) is 7. The van der Waals surface area contributed by atoms with Crippen molar-refractivity contribution in [3.8, 4) is 5.88 Å². The first-order valence-electron chi connectivity index (χ1n) is 9.89. The van der Waals surface area contributed by atoms with Crippen LogP contribution in [0.1, 0.15) is 35.0 Å². The molecule has 1 atom stereocenters. The van der Waals surface area contributed by atoms with Gasteiger partial charge in [0.1, 0.15) is 17.2 Å².